The molecule has 5 heteroatoms. The molecule has 2 aromatic heterocycles. The van der Waals surface area contributed by atoms with Crippen LogP contribution in [0.4, 0.5) is 5.82 Å². The number of nitrogens with zero attached hydrogens (tertiary/aromatic N) is 3. The Labute approximate surface area is 183 Å². The lowest BCUT2D eigenvalue weighted by Crippen LogP contribution is -2.15. The Balaban J connectivity index is 1.72. The summed E-state index contributed by atoms with van der Waals surface area (Å²) in [5.74, 6) is 0.402. The van der Waals surface area contributed by atoms with Gasteiger partial charge in [-0.15, -0.1) is 0 Å². The van der Waals surface area contributed by atoms with Gasteiger partial charge in [0.1, 0.15) is 0 Å². The molecule has 0 spiro atoms. The molecule has 2 heterocycles. The minimum Gasteiger partial charge on any atom is -0.305 e. The predicted octanol–water partition coefficient (Wildman–Crippen LogP) is 6.24. The summed E-state index contributed by atoms with van der Waals surface area (Å²) in [5.41, 5.74) is 4.79. The fraction of sp³-hybridized carbons (Fsp3) is 0.346. The summed E-state index contributed by atoms with van der Waals surface area (Å²) in [4.78, 5) is 17.8. The third-order valence-electron chi connectivity index (χ3n) is 5.64. The number of rotatable bonds is 5. The normalized spacial score (nSPS) is 11.9. The summed E-state index contributed by atoms with van der Waals surface area (Å²) >= 11 is 0. The van der Waals surface area contributed by atoms with Crippen molar-refractivity contribution in [3.63, 3.8) is 0 Å². The summed E-state index contributed by atoms with van der Waals surface area (Å²) in [5, 5.41) is 9.66. The summed E-state index contributed by atoms with van der Waals surface area (Å²) in [6, 6.07) is 16.1. The number of benzene rings is 2. The first-order valence-electron chi connectivity index (χ1n) is 11.0. The zero-order valence-electron chi connectivity index (χ0n) is 19.0. The van der Waals surface area contributed by atoms with Gasteiger partial charge in [0.2, 0.25) is 0 Å². The van der Waals surface area contributed by atoms with Crippen molar-refractivity contribution >= 4 is 33.7 Å². The molecule has 160 valence electrons. The largest absolute Gasteiger partial charge is 0.305 e. The van der Waals surface area contributed by atoms with Crippen molar-refractivity contribution in [2.24, 2.45) is 0 Å². The molecule has 5 nitrogen and oxygen atoms in total. The van der Waals surface area contributed by atoms with Crippen molar-refractivity contribution < 1.29 is 4.79 Å². The zero-order valence-corrected chi connectivity index (χ0v) is 19.0. The van der Waals surface area contributed by atoms with E-state index in [0.717, 1.165) is 41.3 Å². The number of carbonyl (C=O) groups excluding carboxylic acids is 1. The van der Waals surface area contributed by atoms with Gasteiger partial charge in [0.15, 0.2) is 11.5 Å². The quantitative estimate of drug-likeness (QED) is 0.420. The first-order chi connectivity index (χ1) is 14.8. The van der Waals surface area contributed by atoms with Gasteiger partial charge in [0.25, 0.3) is 5.91 Å². The summed E-state index contributed by atoms with van der Waals surface area (Å²) < 4.78 is 1.91. The number of hydrogen-bond donors (Lipinski definition) is 1. The highest BCUT2D eigenvalue weighted by atomic mass is 16.1. The molecule has 0 saturated heterocycles. The van der Waals surface area contributed by atoms with Crippen molar-refractivity contribution in [3.05, 3.63) is 65.2 Å². The van der Waals surface area contributed by atoms with E-state index in [9.17, 15) is 4.79 Å². The molecule has 0 atom stereocenters. The number of pyridine rings is 1. The van der Waals surface area contributed by atoms with Crippen LogP contribution >= 0.6 is 0 Å². The van der Waals surface area contributed by atoms with Crippen molar-refractivity contribution in [2.45, 2.75) is 59.4 Å². The molecule has 0 aliphatic heterocycles. The molecule has 0 fully saturated rings. The van der Waals surface area contributed by atoms with Gasteiger partial charge in [-0.1, -0.05) is 57.9 Å². The molecule has 31 heavy (non-hydrogen) atoms. The van der Waals surface area contributed by atoms with Gasteiger partial charge in [-0.2, -0.15) is 5.10 Å². The Kier molecular flexibility index (Phi) is 5.52. The molecule has 0 radical (unpaired) electrons. The summed E-state index contributed by atoms with van der Waals surface area (Å²) in [6.07, 6.45) is 2.07. The van der Waals surface area contributed by atoms with Crippen LogP contribution in [-0.2, 0) is 12.0 Å². The number of amides is 1. The van der Waals surface area contributed by atoms with Crippen LogP contribution in [-0.4, -0.2) is 20.7 Å². The fourth-order valence-corrected chi connectivity index (χ4v) is 3.74. The molecule has 4 rings (SSSR count). The second-order valence-corrected chi connectivity index (χ2v) is 9.26. The van der Waals surface area contributed by atoms with Gasteiger partial charge in [0, 0.05) is 17.5 Å². The second kappa shape index (κ2) is 8.14. The minimum atomic E-state index is -0.160. The van der Waals surface area contributed by atoms with Gasteiger partial charge >= 0.3 is 0 Å². The van der Waals surface area contributed by atoms with E-state index in [1.807, 2.05) is 35.0 Å². The Morgan fingerprint density at radius 2 is 1.81 bits per heavy atom. The van der Waals surface area contributed by atoms with Crippen molar-refractivity contribution in [3.8, 4) is 0 Å². The SMILES string of the molecule is CCCCn1nc(NC(=O)c2ccc(C(C)(C)C)cc2)c2cc3cc(C)ccc3nc21. The second-order valence-electron chi connectivity index (χ2n) is 9.26. The third kappa shape index (κ3) is 4.31. The van der Waals surface area contributed by atoms with Gasteiger partial charge in [-0.3, -0.25) is 4.79 Å². The standard InChI is InChI=1S/C26H30N4O/c1-6-7-14-30-24-21(16-19-15-17(2)8-13-22(19)27-24)23(29-30)28-25(31)18-9-11-20(12-10-18)26(3,4)5/h8-13,15-16H,6-7,14H2,1-5H3,(H,28,29,31). The van der Waals surface area contributed by atoms with Gasteiger partial charge in [0.05, 0.1) is 10.9 Å². The number of hydrogen-bond acceptors (Lipinski definition) is 3. The molecular formula is C26H30N4O. The first-order valence-corrected chi connectivity index (χ1v) is 11.0. The van der Waals surface area contributed by atoms with Gasteiger partial charge in [-0.05, 0) is 54.7 Å². The first kappa shape index (κ1) is 21.0. The Morgan fingerprint density at radius 1 is 1.06 bits per heavy atom. The molecule has 1 amide bonds. The maximum Gasteiger partial charge on any atom is 0.256 e. The van der Waals surface area contributed by atoms with Crippen LogP contribution in [0.3, 0.4) is 0 Å². The summed E-state index contributed by atoms with van der Waals surface area (Å²) in [7, 11) is 0. The van der Waals surface area contributed by atoms with E-state index >= 15 is 0 Å². The highest BCUT2D eigenvalue weighted by Crippen LogP contribution is 2.28. The highest BCUT2D eigenvalue weighted by molar-refractivity contribution is 6.08. The number of carbonyl (C=O) groups is 1. The lowest BCUT2D eigenvalue weighted by atomic mass is 9.87. The monoisotopic (exact) mass is 414 g/mol. The van der Waals surface area contributed by atoms with Crippen LogP contribution in [0, 0.1) is 6.92 Å². The molecule has 0 aliphatic rings. The van der Waals surface area contributed by atoms with E-state index in [1.165, 1.54) is 11.1 Å². The van der Waals surface area contributed by atoms with Crippen LogP contribution < -0.4 is 5.32 Å². The Bertz CT molecular complexity index is 1250. The van der Waals surface area contributed by atoms with Crippen LogP contribution in [0.5, 0.6) is 0 Å². The van der Waals surface area contributed by atoms with E-state index in [4.69, 9.17) is 10.1 Å². The van der Waals surface area contributed by atoms with Crippen LogP contribution in [0.2, 0.25) is 0 Å². The van der Waals surface area contributed by atoms with E-state index in [-0.39, 0.29) is 11.3 Å². The molecule has 1 N–H and O–H groups in total. The van der Waals surface area contributed by atoms with Crippen LogP contribution in [0.15, 0.2) is 48.5 Å². The molecule has 0 unspecified atom stereocenters. The van der Waals surface area contributed by atoms with E-state index in [0.29, 0.717) is 11.4 Å². The average molecular weight is 415 g/mol. The van der Waals surface area contributed by atoms with E-state index in [2.05, 4.69) is 58.1 Å². The molecular weight excluding hydrogens is 384 g/mol. The van der Waals surface area contributed by atoms with Gasteiger partial charge < -0.3 is 5.32 Å². The molecule has 2 aromatic carbocycles. The number of anilines is 1. The third-order valence-corrected chi connectivity index (χ3v) is 5.64. The van der Waals surface area contributed by atoms with Crippen molar-refractivity contribution in [2.75, 3.05) is 5.32 Å². The smallest absolute Gasteiger partial charge is 0.256 e. The zero-order chi connectivity index (χ0) is 22.2. The van der Waals surface area contributed by atoms with Crippen LogP contribution in [0.1, 0.15) is 62.0 Å². The predicted molar refractivity (Wildman–Crippen MR) is 128 cm³/mol. The fourth-order valence-electron chi connectivity index (χ4n) is 3.74. The van der Waals surface area contributed by atoms with Crippen molar-refractivity contribution in [1.29, 1.82) is 0 Å². The van der Waals surface area contributed by atoms with Gasteiger partial charge in [-0.25, -0.2) is 9.67 Å². The number of fused-ring (bicyclic) bond motifs is 2. The van der Waals surface area contributed by atoms with Crippen molar-refractivity contribution in [1.82, 2.24) is 14.8 Å². The Morgan fingerprint density at radius 3 is 2.48 bits per heavy atom. The maximum atomic E-state index is 13.0. The lowest BCUT2D eigenvalue weighted by Gasteiger charge is -2.19. The number of aromatic nitrogens is 3. The van der Waals surface area contributed by atoms with E-state index in [1.54, 1.807) is 0 Å². The number of aryl methyl sites for hydroxylation is 2. The molecule has 0 aliphatic carbocycles. The number of unbranched alkanes of at least 4 members (excludes halogenated alkanes) is 1. The molecule has 4 aromatic rings. The molecule has 0 saturated carbocycles. The molecule has 0 bridgehead atoms. The number of nitrogens with one attached hydrogen (secondary N) is 1. The van der Waals surface area contributed by atoms with Crippen LogP contribution in [0.25, 0.3) is 21.9 Å². The minimum absolute atomic E-state index is 0.0497. The van der Waals surface area contributed by atoms with E-state index < -0.39 is 0 Å². The average Bonchev–Trinajstić information content (AvgIpc) is 3.06. The maximum absolute atomic E-state index is 13.0. The topological polar surface area (TPSA) is 59.8 Å². The Hall–Kier alpha value is -3.21. The lowest BCUT2D eigenvalue weighted by molar-refractivity contribution is 0.102. The highest BCUT2D eigenvalue weighted by Gasteiger charge is 2.18. The summed E-state index contributed by atoms with van der Waals surface area (Å²) in [6.45, 7) is 11.5.